The van der Waals surface area contributed by atoms with Crippen LogP contribution in [0.3, 0.4) is 0 Å². The van der Waals surface area contributed by atoms with Crippen LogP contribution in [0.4, 0.5) is 0 Å². The fourth-order valence-electron chi connectivity index (χ4n) is 1.35. The van der Waals surface area contributed by atoms with Gasteiger partial charge in [0.15, 0.2) is 0 Å². The van der Waals surface area contributed by atoms with E-state index in [4.69, 9.17) is 14.3 Å². The molecule has 1 N–H and O–H groups in total. The number of likely N-dealkylation sites (N-methyl/N-ethyl adjacent to an activating group) is 1. The summed E-state index contributed by atoms with van der Waals surface area (Å²) in [6, 6.07) is 1.97. The largest absolute Gasteiger partial charge is 0.472 e. The molecule has 0 unspecified atom stereocenters. The fraction of sp³-hybridized carbons (Fsp3) is 0.636. The van der Waals surface area contributed by atoms with E-state index in [2.05, 4.69) is 11.8 Å². The van der Waals surface area contributed by atoms with Crippen molar-refractivity contribution in [1.29, 1.82) is 0 Å². The van der Waals surface area contributed by atoms with Crippen molar-refractivity contribution in [3.8, 4) is 0 Å². The summed E-state index contributed by atoms with van der Waals surface area (Å²) >= 11 is 0. The number of aliphatic hydroxyl groups is 1. The van der Waals surface area contributed by atoms with Crippen molar-refractivity contribution in [3.63, 3.8) is 0 Å². The third kappa shape index (κ3) is 4.97. The summed E-state index contributed by atoms with van der Waals surface area (Å²) in [7, 11) is 0. The molecule has 1 aromatic heterocycles. The summed E-state index contributed by atoms with van der Waals surface area (Å²) in [4.78, 5) is 2.27. The zero-order valence-corrected chi connectivity index (χ0v) is 9.19. The number of aliphatic hydroxyl groups excluding tert-OH is 1. The Balaban J connectivity index is 2.18. The highest BCUT2D eigenvalue weighted by atomic mass is 16.5. The van der Waals surface area contributed by atoms with Gasteiger partial charge < -0.3 is 14.3 Å². The van der Waals surface area contributed by atoms with Crippen LogP contribution >= 0.6 is 0 Å². The van der Waals surface area contributed by atoms with Crippen LogP contribution in [0.15, 0.2) is 23.0 Å². The second-order valence-corrected chi connectivity index (χ2v) is 3.34. The van der Waals surface area contributed by atoms with E-state index < -0.39 is 0 Å². The Hall–Kier alpha value is -0.840. The highest BCUT2D eigenvalue weighted by molar-refractivity contribution is 5.04. The van der Waals surface area contributed by atoms with Crippen LogP contribution in [0.1, 0.15) is 12.5 Å². The van der Waals surface area contributed by atoms with Crippen molar-refractivity contribution < 1.29 is 14.3 Å². The van der Waals surface area contributed by atoms with Gasteiger partial charge in [-0.3, -0.25) is 4.90 Å². The molecular formula is C11H19NO3. The Labute approximate surface area is 90.4 Å². The standard InChI is InChI=1S/C11H19NO3/c1-2-12(4-7-14-8-5-13)9-11-3-6-15-10-11/h3,6,10,13H,2,4-5,7-9H2,1H3. The van der Waals surface area contributed by atoms with E-state index in [1.807, 2.05) is 6.07 Å². The lowest BCUT2D eigenvalue weighted by Gasteiger charge is -2.19. The zero-order valence-electron chi connectivity index (χ0n) is 9.19. The first-order valence-electron chi connectivity index (χ1n) is 5.29. The van der Waals surface area contributed by atoms with E-state index in [9.17, 15) is 0 Å². The number of hydrogen-bond donors (Lipinski definition) is 1. The molecule has 0 atom stereocenters. The van der Waals surface area contributed by atoms with Crippen LogP contribution in [0.5, 0.6) is 0 Å². The predicted molar refractivity (Wildman–Crippen MR) is 57.6 cm³/mol. The van der Waals surface area contributed by atoms with Gasteiger partial charge in [-0.25, -0.2) is 0 Å². The van der Waals surface area contributed by atoms with Gasteiger partial charge in [0.2, 0.25) is 0 Å². The molecule has 0 aliphatic rings. The van der Waals surface area contributed by atoms with Crippen LogP contribution in [0.2, 0.25) is 0 Å². The predicted octanol–water partition coefficient (Wildman–Crippen LogP) is 1.11. The van der Waals surface area contributed by atoms with Gasteiger partial charge in [0.05, 0.1) is 32.3 Å². The Morgan fingerprint density at radius 1 is 1.47 bits per heavy atom. The third-order valence-corrected chi connectivity index (χ3v) is 2.22. The Kier molecular flexibility index (Phi) is 6.08. The first kappa shape index (κ1) is 12.2. The number of furan rings is 1. The van der Waals surface area contributed by atoms with Gasteiger partial charge >= 0.3 is 0 Å². The lowest BCUT2D eigenvalue weighted by molar-refractivity contribution is 0.0732. The molecule has 0 aromatic carbocycles. The molecule has 0 fully saturated rings. The normalized spacial score (nSPS) is 11.1. The molecule has 0 saturated heterocycles. The molecule has 4 nitrogen and oxygen atoms in total. The van der Waals surface area contributed by atoms with E-state index in [1.165, 1.54) is 5.56 Å². The molecule has 0 aliphatic heterocycles. The Morgan fingerprint density at radius 2 is 2.33 bits per heavy atom. The number of nitrogens with zero attached hydrogens (tertiary/aromatic N) is 1. The second kappa shape index (κ2) is 7.45. The summed E-state index contributed by atoms with van der Waals surface area (Å²) in [5.41, 5.74) is 1.18. The molecule has 0 amide bonds. The van der Waals surface area contributed by atoms with Crippen LogP contribution < -0.4 is 0 Å². The minimum atomic E-state index is 0.0911. The molecule has 1 rings (SSSR count). The van der Waals surface area contributed by atoms with Crippen molar-refractivity contribution in [2.45, 2.75) is 13.5 Å². The zero-order chi connectivity index (χ0) is 10.9. The topological polar surface area (TPSA) is 45.8 Å². The first-order chi connectivity index (χ1) is 7.36. The van der Waals surface area contributed by atoms with E-state index >= 15 is 0 Å². The summed E-state index contributed by atoms with van der Waals surface area (Å²) in [6.07, 6.45) is 3.45. The van der Waals surface area contributed by atoms with Crippen LogP contribution in [0, 0.1) is 0 Å². The lowest BCUT2D eigenvalue weighted by atomic mass is 10.3. The quantitative estimate of drug-likeness (QED) is 0.657. The molecular weight excluding hydrogens is 194 g/mol. The summed E-state index contributed by atoms with van der Waals surface area (Å²) in [5, 5.41) is 8.55. The lowest BCUT2D eigenvalue weighted by Crippen LogP contribution is -2.27. The molecule has 15 heavy (non-hydrogen) atoms. The van der Waals surface area contributed by atoms with E-state index in [1.54, 1.807) is 12.5 Å². The van der Waals surface area contributed by atoms with Crippen LogP contribution in [-0.2, 0) is 11.3 Å². The SMILES string of the molecule is CCN(CCOCCO)Cc1ccoc1. The highest BCUT2D eigenvalue weighted by Crippen LogP contribution is 2.04. The summed E-state index contributed by atoms with van der Waals surface area (Å²) in [6.45, 7) is 6.03. The van der Waals surface area contributed by atoms with Crippen LogP contribution in [0.25, 0.3) is 0 Å². The third-order valence-electron chi connectivity index (χ3n) is 2.22. The molecule has 4 heteroatoms. The van der Waals surface area contributed by atoms with Gasteiger partial charge in [-0.1, -0.05) is 6.92 Å². The Bertz CT molecular complexity index is 236. The molecule has 0 saturated carbocycles. The van der Waals surface area contributed by atoms with Crippen molar-refractivity contribution in [3.05, 3.63) is 24.2 Å². The minimum absolute atomic E-state index is 0.0911. The number of rotatable bonds is 8. The van der Waals surface area contributed by atoms with Gasteiger partial charge in [0.25, 0.3) is 0 Å². The maximum atomic E-state index is 8.55. The molecule has 0 spiro atoms. The average Bonchev–Trinajstić information content (AvgIpc) is 2.75. The van der Waals surface area contributed by atoms with E-state index in [-0.39, 0.29) is 6.61 Å². The second-order valence-electron chi connectivity index (χ2n) is 3.34. The van der Waals surface area contributed by atoms with Gasteiger partial charge in [0, 0.05) is 18.7 Å². The molecule has 0 radical (unpaired) electrons. The fourth-order valence-corrected chi connectivity index (χ4v) is 1.35. The van der Waals surface area contributed by atoms with E-state index in [0.29, 0.717) is 13.2 Å². The van der Waals surface area contributed by atoms with E-state index in [0.717, 1.165) is 19.6 Å². The average molecular weight is 213 g/mol. The van der Waals surface area contributed by atoms with Crippen molar-refractivity contribution in [2.24, 2.45) is 0 Å². The molecule has 0 aliphatic carbocycles. The molecule has 1 aromatic rings. The molecule has 1 heterocycles. The van der Waals surface area contributed by atoms with Crippen molar-refractivity contribution >= 4 is 0 Å². The maximum absolute atomic E-state index is 8.55. The Morgan fingerprint density at radius 3 is 2.93 bits per heavy atom. The summed E-state index contributed by atoms with van der Waals surface area (Å²) in [5.74, 6) is 0. The molecule has 86 valence electrons. The highest BCUT2D eigenvalue weighted by Gasteiger charge is 2.04. The minimum Gasteiger partial charge on any atom is -0.472 e. The van der Waals surface area contributed by atoms with Gasteiger partial charge in [-0.05, 0) is 12.6 Å². The van der Waals surface area contributed by atoms with Crippen molar-refractivity contribution in [1.82, 2.24) is 4.90 Å². The molecule has 0 bridgehead atoms. The smallest absolute Gasteiger partial charge is 0.0947 e. The first-order valence-corrected chi connectivity index (χ1v) is 5.29. The van der Waals surface area contributed by atoms with Gasteiger partial charge in [0.1, 0.15) is 0 Å². The van der Waals surface area contributed by atoms with Gasteiger partial charge in [-0.2, -0.15) is 0 Å². The summed E-state index contributed by atoms with van der Waals surface area (Å²) < 4.78 is 10.2. The monoisotopic (exact) mass is 213 g/mol. The van der Waals surface area contributed by atoms with Crippen LogP contribution in [-0.4, -0.2) is 42.9 Å². The maximum Gasteiger partial charge on any atom is 0.0947 e. The number of ether oxygens (including phenoxy) is 1. The van der Waals surface area contributed by atoms with Crippen molar-refractivity contribution in [2.75, 3.05) is 32.9 Å². The number of hydrogen-bond acceptors (Lipinski definition) is 4. The van der Waals surface area contributed by atoms with Gasteiger partial charge in [-0.15, -0.1) is 0 Å².